The number of hydrogen-bond donors (Lipinski definition) is 2. The maximum Gasteiger partial charge on any atom is 0.124 e. The summed E-state index contributed by atoms with van der Waals surface area (Å²) in [5.41, 5.74) is 4.07. The minimum atomic E-state index is 0.313. The summed E-state index contributed by atoms with van der Waals surface area (Å²) in [5, 5.41) is 18.8. The lowest BCUT2D eigenvalue weighted by Gasteiger charge is -2.12. The van der Waals surface area contributed by atoms with E-state index < -0.39 is 0 Å². The highest BCUT2D eigenvalue weighted by Gasteiger charge is 2.10. The molecule has 4 aromatic rings. The van der Waals surface area contributed by atoms with Crippen molar-refractivity contribution < 1.29 is 10.2 Å². The maximum atomic E-state index is 10.2. The van der Waals surface area contributed by atoms with Gasteiger partial charge in [-0.3, -0.25) is 0 Å². The summed E-state index contributed by atoms with van der Waals surface area (Å²) in [7, 11) is 0. The predicted molar refractivity (Wildman–Crippen MR) is 107 cm³/mol. The highest BCUT2D eigenvalue weighted by atomic mass is 16.3. The van der Waals surface area contributed by atoms with Crippen molar-refractivity contribution >= 4 is 0 Å². The molecule has 4 aromatic carbocycles. The van der Waals surface area contributed by atoms with Gasteiger partial charge in [0.1, 0.15) is 11.5 Å². The molecule has 128 valence electrons. The molecular formula is C24H20O2. The lowest BCUT2D eigenvalue weighted by atomic mass is 9.94. The third kappa shape index (κ3) is 4.31. The normalized spacial score (nSPS) is 9.85. The Morgan fingerprint density at radius 3 is 1.42 bits per heavy atom. The molecule has 2 N–H and O–H groups in total. The zero-order chi connectivity index (χ0) is 18.2. The van der Waals surface area contributed by atoms with Crippen LogP contribution in [0.4, 0.5) is 0 Å². The Balaban J connectivity index is 0.000000236. The fourth-order valence-electron chi connectivity index (χ4n) is 2.73. The van der Waals surface area contributed by atoms with E-state index >= 15 is 0 Å². The van der Waals surface area contributed by atoms with E-state index in [4.69, 9.17) is 5.11 Å². The van der Waals surface area contributed by atoms with Gasteiger partial charge in [-0.1, -0.05) is 91.0 Å². The molecule has 0 aromatic heterocycles. The van der Waals surface area contributed by atoms with Crippen LogP contribution in [0.1, 0.15) is 0 Å². The van der Waals surface area contributed by atoms with Crippen molar-refractivity contribution in [3.63, 3.8) is 0 Å². The van der Waals surface area contributed by atoms with E-state index in [1.165, 1.54) is 0 Å². The molecule has 0 atom stereocenters. The molecule has 0 radical (unpaired) electrons. The molecule has 0 heterocycles. The molecule has 0 spiro atoms. The van der Waals surface area contributed by atoms with E-state index in [-0.39, 0.29) is 0 Å². The first-order valence-electron chi connectivity index (χ1n) is 8.42. The van der Waals surface area contributed by atoms with Crippen molar-refractivity contribution in [2.24, 2.45) is 0 Å². The van der Waals surface area contributed by atoms with Gasteiger partial charge < -0.3 is 10.2 Å². The highest BCUT2D eigenvalue weighted by molar-refractivity contribution is 5.87. The van der Waals surface area contributed by atoms with Crippen LogP contribution in [-0.2, 0) is 0 Å². The third-order valence-electron chi connectivity index (χ3n) is 3.95. The van der Waals surface area contributed by atoms with E-state index in [9.17, 15) is 5.11 Å². The molecule has 2 nitrogen and oxygen atoms in total. The molecule has 0 saturated carbocycles. The molecule has 0 fully saturated rings. The summed E-state index contributed by atoms with van der Waals surface area (Å²) < 4.78 is 0. The molecule has 2 heteroatoms. The van der Waals surface area contributed by atoms with Crippen LogP contribution in [-0.4, -0.2) is 10.2 Å². The number of hydrogen-bond acceptors (Lipinski definition) is 2. The summed E-state index contributed by atoms with van der Waals surface area (Å²) >= 11 is 0. The van der Waals surface area contributed by atoms with Gasteiger partial charge in [-0.2, -0.15) is 0 Å². The van der Waals surface area contributed by atoms with Crippen LogP contribution in [0, 0.1) is 0 Å². The smallest absolute Gasteiger partial charge is 0.124 e. The van der Waals surface area contributed by atoms with Gasteiger partial charge in [0.05, 0.1) is 0 Å². The van der Waals surface area contributed by atoms with Gasteiger partial charge in [-0.25, -0.2) is 0 Å². The summed E-state index contributed by atoms with van der Waals surface area (Å²) in [5.74, 6) is 0.634. The summed E-state index contributed by atoms with van der Waals surface area (Å²) in [4.78, 5) is 0. The largest absolute Gasteiger partial charge is 0.508 e. The Bertz CT molecular complexity index is 934. The van der Waals surface area contributed by atoms with Crippen molar-refractivity contribution in [2.45, 2.75) is 0 Å². The fraction of sp³-hybridized carbons (Fsp3) is 0. The van der Waals surface area contributed by atoms with Crippen LogP contribution < -0.4 is 0 Å². The number of phenolic OH excluding ortho intramolecular Hbond substituents is 2. The monoisotopic (exact) mass is 340 g/mol. The fourth-order valence-corrected chi connectivity index (χ4v) is 2.73. The van der Waals surface area contributed by atoms with Crippen LogP contribution in [0.25, 0.3) is 22.3 Å². The van der Waals surface area contributed by atoms with E-state index in [1.807, 2.05) is 66.7 Å². The lowest BCUT2D eigenvalue weighted by Crippen LogP contribution is -1.85. The molecule has 0 aliphatic heterocycles. The minimum Gasteiger partial charge on any atom is -0.508 e. The molecule has 26 heavy (non-hydrogen) atoms. The first-order chi connectivity index (χ1) is 12.8. The predicted octanol–water partition coefficient (Wildman–Crippen LogP) is 6.12. The number of benzene rings is 4. The molecule has 0 amide bonds. The van der Waals surface area contributed by atoms with Crippen molar-refractivity contribution in [3.8, 4) is 33.8 Å². The standard InChI is InChI=1S/C18H14O.C6H6O/c19-17-13-7-12-16(14-8-3-1-4-9-14)18(17)15-10-5-2-6-11-15;7-6-4-2-1-3-5-6/h1-13,19H;1-5,7H. The van der Waals surface area contributed by atoms with E-state index in [2.05, 4.69) is 12.1 Å². The molecular weight excluding hydrogens is 320 g/mol. The second kappa shape index (κ2) is 8.54. The van der Waals surface area contributed by atoms with E-state index in [0.717, 1.165) is 22.3 Å². The molecule has 0 aliphatic rings. The zero-order valence-electron chi connectivity index (χ0n) is 14.3. The van der Waals surface area contributed by atoms with Crippen LogP contribution in [0.3, 0.4) is 0 Å². The summed E-state index contributed by atoms with van der Waals surface area (Å²) in [6.45, 7) is 0. The van der Waals surface area contributed by atoms with Crippen LogP contribution in [0.15, 0.2) is 109 Å². The molecule has 0 saturated heterocycles. The Labute approximate surface area is 153 Å². The second-order valence-electron chi connectivity index (χ2n) is 5.77. The van der Waals surface area contributed by atoms with Crippen LogP contribution in [0.2, 0.25) is 0 Å². The van der Waals surface area contributed by atoms with E-state index in [0.29, 0.717) is 11.5 Å². The first-order valence-corrected chi connectivity index (χ1v) is 8.42. The Morgan fingerprint density at radius 1 is 0.423 bits per heavy atom. The molecule has 4 rings (SSSR count). The number of para-hydroxylation sites is 1. The topological polar surface area (TPSA) is 40.5 Å². The highest BCUT2D eigenvalue weighted by Crippen LogP contribution is 2.38. The van der Waals surface area contributed by atoms with Gasteiger partial charge in [0.15, 0.2) is 0 Å². The Kier molecular flexibility index (Phi) is 5.69. The van der Waals surface area contributed by atoms with Crippen LogP contribution >= 0.6 is 0 Å². The zero-order valence-corrected chi connectivity index (χ0v) is 14.3. The number of phenols is 2. The lowest BCUT2D eigenvalue weighted by molar-refractivity contribution is 0.475. The van der Waals surface area contributed by atoms with Crippen molar-refractivity contribution in [3.05, 3.63) is 109 Å². The Hall–Kier alpha value is -3.52. The Morgan fingerprint density at radius 2 is 0.923 bits per heavy atom. The maximum absolute atomic E-state index is 10.2. The van der Waals surface area contributed by atoms with Gasteiger partial charge in [0.2, 0.25) is 0 Å². The van der Waals surface area contributed by atoms with Gasteiger partial charge in [0, 0.05) is 5.56 Å². The van der Waals surface area contributed by atoms with Crippen LogP contribution in [0.5, 0.6) is 11.5 Å². The van der Waals surface area contributed by atoms with Gasteiger partial charge in [-0.15, -0.1) is 0 Å². The average Bonchev–Trinajstić information content (AvgIpc) is 2.70. The summed E-state index contributed by atoms with van der Waals surface area (Å²) in [6, 6.07) is 34.5. The summed E-state index contributed by atoms with van der Waals surface area (Å²) in [6.07, 6.45) is 0. The number of aromatic hydroxyl groups is 2. The second-order valence-corrected chi connectivity index (χ2v) is 5.77. The number of rotatable bonds is 2. The van der Waals surface area contributed by atoms with Gasteiger partial charge in [-0.05, 0) is 34.9 Å². The third-order valence-corrected chi connectivity index (χ3v) is 3.95. The van der Waals surface area contributed by atoms with Gasteiger partial charge >= 0.3 is 0 Å². The van der Waals surface area contributed by atoms with Crippen molar-refractivity contribution in [1.29, 1.82) is 0 Å². The molecule has 0 bridgehead atoms. The quantitative estimate of drug-likeness (QED) is 0.461. The molecule has 0 aliphatic carbocycles. The van der Waals surface area contributed by atoms with Gasteiger partial charge in [0.25, 0.3) is 0 Å². The van der Waals surface area contributed by atoms with Crippen molar-refractivity contribution in [2.75, 3.05) is 0 Å². The van der Waals surface area contributed by atoms with E-state index in [1.54, 1.807) is 30.3 Å². The van der Waals surface area contributed by atoms with Crippen molar-refractivity contribution in [1.82, 2.24) is 0 Å². The minimum absolute atomic E-state index is 0.313. The first kappa shape index (κ1) is 17.3. The average molecular weight is 340 g/mol. The molecule has 0 unspecified atom stereocenters. The SMILES string of the molecule is Oc1cccc(-c2ccccc2)c1-c1ccccc1.Oc1ccccc1.